The van der Waals surface area contributed by atoms with Gasteiger partial charge in [-0.25, -0.2) is 4.79 Å². The zero-order valence-electron chi connectivity index (χ0n) is 13.6. The van der Waals surface area contributed by atoms with E-state index in [0.717, 1.165) is 11.1 Å². The van der Waals surface area contributed by atoms with E-state index in [1.807, 2.05) is 61.5 Å². The van der Waals surface area contributed by atoms with Crippen molar-refractivity contribution in [3.05, 3.63) is 71.3 Å². The van der Waals surface area contributed by atoms with Gasteiger partial charge in [0.2, 0.25) is 0 Å². The maximum absolute atomic E-state index is 12.0. The third-order valence-corrected chi connectivity index (χ3v) is 3.61. The monoisotopic (exact) mass is 310 g/mol. The molecule has 0 saturated heterocycles. The SMILES string of the molecule is Cc1ccc(C(=O)CCNC(=O)N(C)Cc2ccccc2)cc1. The van der Waals surface area contributed by atoms with Gasteiger partial charge in [-0.15, -0.1) is 0 Å². The molecular formula is C19H22N2O2. The highest BCUT2D eigenvalue weighted by Gasteiger charge is 2.10. The minimum Gasteiger partial charge on any atom is -0.338 e. The summed E-state index contributed by atoms with van der Waals surface area (Å²) in [6.45, 7) is 2.86. The van der Waals surface area contributed by atoms with Crippen molar-refractivity contribution < 1.29 is 9.59 Å². The Morgan fingerprint density at radius 3 is 2.30 bits per heavy atom. The number of urea groups is 1. The molecule has 0 unspecified atom stereocenters. The molecule has 0 aliphatic rings. The van der Waals surface area contributed by atoms with Crippen molar-refractivity contribution in [3.63, 3.8) is 0 Å². The molecule has 2 amide bonds. The number of aryl methyl sites for hydroxylation is 1. The van der Waals surface area contributed by atoms with Crippen molar-refractivity contribution in [2.24, 2.45) is 0 Å². The molecule has 2 rings (SSSR count). The number of nitrogens with zero attached hydrogens (tertiary/aromatic N) is 1. The highest BCUT2D eigenvalue weighted by atomic mass is 16.2. The highest BCUT2D eigenvalue weighted by Crippen LogP contribution is 2.06. The van der Waals surface area contributed by atoms with E-state index in [9.17, 15) is 9.59 Å². The quantitative estimate of drug-likeness (QED) is 0.831. The van der Waals surface area contributed by atoms with Crippen molar-refractivity contribution in [2.75, 3.05) is 13.6 Å². The first-order chi connectivity index (χ1) is 11.1. The van der Waals surface area contributed by atoms with E-state index in [2.05, 4.69) is 5.32 Å². The normalized spacial score (nSPS) is 10.2. The summed E-state index contributed by atoms with van der Waals surface area (Å²) in [6, 6.07) is 17.1. The number of ketones is 1. The molecule has 0 bridgehead atoms. The fourth-order valence-electron chi connectivity index (χ4n) is 2.23. The van der Waals surface area contributed by atoms with E-state index in [1.165, 1.54) is 0 Å². The van der Waals surface area contributed by atoms with Gasteiger partial charge < -0.3 is 10.2 Å². The molecule has 1 N–H and O–H groups in total. The molecule has 0 saturated carbocycles. The Labute approximate surface area is 137 Å². The fraction of sp³-hybridized carbons (Fsp3) is 0.263. The number of benzene rings is 2. The van der Waals surface area contributed by atoms with Gasteiger partial charge in [-0.3, -0.25) is 4.79 Å². The zero-order chi connectivity index (χ0) is 16.7. The van der Waals surface area contributed by atoms with Crippen LogP contribution in [-0.2, 0) is 6.54 Å². The maximum Gasteiger partial charge on any atom is 0.317 e. The lowest BCUT2D eigenvalue weighted by molar-refractivity contribution is 0.0983. The predicted molar refractivity (Wildman–Crippen MR) is 91.4 cm³/mol. The zero-order valence-corrected chi connectivity index (χ0v) is 13.6. The molecule has 120 valence electrons. The Morgan fingerprint density at radius 2 is 1.65 bits per heavy atom. The number of nitrogens with one attached hydrogen (secondary N) is 1. The number of Topliss-reactive ketones (excluding diaryl/α,β-unsaturated/α-hetero) is 1. The fourth-order valence-corrected chi connectivity index (χ4v) is 2.23. The first-order valence-corrected chi connectivity index (χ1v) is 7.69. The average Bonchev–Trinajstić information content (AvgIpc) is 2.56. The van der Waals surface area contributed by atoms with Crippen LogP contribution in [0.1, 0.15) is 27.9 Å². The van der Waals surface area contributed by atoms with Crippen LogP contribution in [0.25, 0.3) is 0 Å². The predicted octanol–water partition coefficient (Wildman–Crippen LogP) is 3.41. The summed E-state index contributed by atoms with van der Waals surface area (Å²) in [6.07, 6.45) is 0.300. The van der Waals surface area contributed by atoms with Crippen molar-refractivity contribution in [1.82, 2.24) is 10.2 Å². The molecule has 0 spiro atoms. The summed E-state index contributed by atoms with van der Waals surface area (Å²) >= 11 is 0. The van der Waals surface area contributed by atoms with E-state index in [4.69, 9.17) is 0 Å². The van der Waals surface area contributed by atoms with Crippen LogP contribution in [0.5, 0.6) is 0 Å². The van der Waals surface area contributed by atoms with Gasteiger partial charge in [0.05, 0.1) is 0 Å². The molecule has 0 aliphatic carbocycles. The number of hydrogen-bond donors (Lipinski definition) is 1. The van der Waals surface area contributed by atoms with E-state index in [0.29, 0.717) is 25.1 Å². The molecule has 4 nitrogen and oxygen atoms in total. The largest absolute Gasteiger partial charge is 0.338 e. The van der Waals surface area contributed by atoms with Gasteiger partial charge in [0.1, 0.15) is 0 Å². The molecule has 2 aromatic carbocycles. The summed E-state index contributed by atoms with van der Waals surface area (Å²) in [4.78, 5) is 25.6. The smallest absolute Gasteiger partial charge is 0.317 e. The van der Waals surface area contributed by atoms with Crippen LogP contribution >= 0.6 is 0 Å². The Bertz CT molecular complexity index is 651. The van der Waals surface area contributed by atoms with Gasteiger partial charge in [-0.2, -0.15) is 0 Å². The molecule has 0 heterocycles. The van der Waals surface area contributed by atoms with Crippen molar-refractivity contribution in [1.29, 1.82) is 0 Å². The summed E-state index contributed by atoms with van der Waals surface area (Å²) < 4.78 is 0. The van der Waals surface area contributed by atoms with Gasteiger partial charge in [0.25, 0.3) is 0 Å². The number of hydrogen-bond acceptors (Lipinski definition) is 2. The Kier molecular flexibility index (Phi) is 5.92. The Morgan fingerprint density at radius 1 is 1.00 bits per heavy atom. The molecule has 23 heavy (non-hydrogen) atoms. The molecule has 4 heteroatoms. The Hall–Kier alpha value is -2.62. The second-order valence-corrected chi connectivity index (χ2v) is 5.61. The number of amides is 2. The van der Waals surface area contributed by atoms with E-state index < -0.39 is 0 Å². The minimum absolute atomic E-state index is 0.0380. The molecule has 0 aliphatic heterocycles. The molecular weight excluding hydrogens is 288 g/mol. The summed E-state index contributed by atoms with van der Waals surface area (Å²) in [7, 11) is 1.74. The van der Waals surface area contributed by atoms with Crippen LogP contribution in [0.2, 0.25) is 0 Å². The second kappa shape index (κ2) is 8.13. The number of carbonyl (C=O) groups is 2. The van der Waals surface area contributed by atoms with Crippen LogP contribution in [0.15, 0.2) is 54.6 Å². The van der Waals surface area contributed by atoms with Crippen LogP contribution < -0.4 is 5.32 Å². The molecule has 0 aromatic heterocycles. The molecule has 2 aromatic rings. The molecule has 0 atom stereocenters. The van der Waals surface area contributed by atoms with Crippen molar-refractivity contribution in [2.45, 2.75) is 19.9 Å². The first kappa shape index (κ1) is 16.7. The number of carbonyl (C=O) groups excluding carboxylic acids is 2. The number of rotatable bonds is 6. The van der Waals surface area contributed by atoms with E-state index in [1.54, 1.807) is 11.9 Å². The minimum atomic E-state index is -0.175. The topological polar surface area (TPSA) is 49.4 Å². The standard InChI is InChI=1S/C19H22N2O2/c1-15-8-10-17(11-9-15)18(22)12-13-20-19(23)21(2)14-16-6-4-3-5-7-16/h3-11H,12-14H2,1-2H3,(H,20,23). The second-order valence-electron chi connectivity index (χ2n) is 5.61. The Balaban J connectivity index is 1.75. The molecule has 0 fully saturated rings. The lowest BCUT2D eigenvalue weighted by Crippen LogP contribution is -2.37. The van der Waals surface area contributed by atoms with Crippen LogP contribution in [0.4, 0.5) is 4.79 Å². The first-order valence-electron chi connectivity index (χ1n) is 7.69. The van der Waals surface area contributed by atoms with Gasteiger partial charge in [0.15, 0.2) is 5.78 Å². The van der Waals surface area contributed by atoms with Crippen LogP contribution in [0, 0.1) is 6.92 Å². The lowest BCUT2D eigenvalue weighted by atomic mass is 10.1. The van der Waals surface area contributed by atoms with Crippen LogP contribution in [0.3, 0.4) is 0 Å². The third-order valence-electron chi connectivity index (χ3n) is 3.61. The van der Waals surface area contributed by atoms with Gasteiger partial charge in [-0.1, -0.05) is 60.2 Å². The lowest BCUT2D eigenvalue weighted by Gasteiger charge is -2.18. The average molecular weight is 310 g/mol. The van der Waals surface area contributed by atoms with Gasteiger partial charge in [0, 0.05) is 32.1 Å². The van der Waals surface area contributed by atoms with Crippen molar-refractivity contribution in [3.8, 4) is 0 Å². The van der Waals surface area contributed by atoms with Crippen molar-refractivity contribution >= 4 is 11.8 Å². The van der Waals surface area contributed by atoms with Crippen LogP contribution in [-0.4, -0.2) is 30.3 Å². The highest BCUT2D eigenvalue weighted by molar-refractivity contribution is 5.96. The summed E-state index contributed by atoms with van der Waals surface area (Å²) in [5.41, 5.74) is 2.88. The maximum atomic E-state index is 12.0. The third kappa shape index (κ3) is 5.25. The van der Waals surface area contributed by atoms with E-state index >= 15 is 0 Å². The van der Waals surface area contributed by atoms with Gasteiger partial charge >= 0.3 is 6.03 Å². The van der Waals surface area contributed by atoms with Gasteiger partial charge in [-0.05, 0) is 12.5 Å². The van der Waals surface area contributed by atoms with E-state index in [-0.39, 0.29) is 11.8 Å². The molecule has 0 radical (unpaired) electrons. The summed E-state index contributed by atoms with van der Waals surface area (Å²) in [5.74, 6) is 0.0380. The summed E-state index contributed by atoms with van der Waals surface area (Å²) in [5, 5.41) is 2.78.